The second-order valence-corrected chi connectivity index (χ2v) is 19.4. The molecule has 0 aliphatic carbocycles. The highest BCUT2D eigenvalue weighted by atomic mass is 28.3. The van der Waals surface area contributed by atoms with Gasteiger partial charge in [-0.25, -0.2) is 0 Å². The number of aromatic nitrogens is 1. The van der Waals surface area contributed by atoms with E-state index in [9.17, 15) is 0 Å². The number of hydrogen-bond donors (Lipinski definition) is 0. The van der Waals surface area contributed by atoms with Gasteiger partial charge in [-0.3, -0.25) is 0 Å². The quantitative estimate of drug-likeness (QED) is 0.125. The average molecular weight is 770 g/mol. The average Bonchev–Trinajstić information content (AvgIpc) is 3.65. The normalized spacial score (nSPS) is 12.6. The molecular weight excluding hydrogens is 733 g/mol. The van der Waals surface area contributed by atoms with Crippen molar-refractivity contribution in [3.05, 3.63) is 218 Å². The molecule has 1 aromatic heterocycles. The van der Waals surface area contributed by atoms with Gasteiger partial charge in [0, 0.05) is 32.9 Å². The van der Waals surface area contributed by atoms with E-state index in [4.69, 9.17) is 9.39 Å². The van der Waals surface area contributed by atoms with Crippen molar-refractivity contribution >= 4 is 68.5 Å². The maximum absolute atomic E-state index is 7.16. The molecule has 12 rings (SSSR count). The third-order valence-electron chi connectivity index (χ3n) is 12.4. The first kappa shape index (κ1) is 33.8. The Balaban J connectivity index is 1.02. The summed E-state index contributed by atoms with van der Waals surface area (Å²) in [6, 6.07) is 79.3. The lowest BCUT2D eigenvalue weighted by Crippen LogP contribution is -2.75. The standard InChI is InChI=1S/C54H36BNO2Si/c1-4-16-40(17-5-1)59(41-18-6-2-7-19-41,42-20-8-3-9-21-42)43-35-47-46-24-12-15-27-51(46)58-55-48-33-30-38(34-52(48)57-53(36-43)54(47)55)37-28-31-39(32-29-37)56-49-25-13-10-22-44(49)45-23-11-14-26-50(45)56/h1-36H. The van der Waals surface area contributed by atoms with Crippen LogP contribution < -0.4 is 41.1 Å². The molecule has 0 spiro atoms. The minimum Gasteiger partial charge on any atom is -0.551 e. The van der Waals surface area contributed by atoms with Gasteiger partial charge in [0.2, 0.25) is 0 Å². The highest BCUT2D eigenvalue weighted by molar-refractivity contribution is 7.20. The van der Waals surface area contributed by atoms with Crippen LogP contribution >= 0.6 is 0 Å². The van der Waals surface area contributed by atoms with Gasteiger partial charge < -0.3 is 14.0 Å². The van der Waals surface area contributed by atoms with Crippen LogP contribution in [0.4, 0.5) is 0 Å². The predicted molar refractivity (Wildman–Crippen MR) is 247 cm³/mol. The molecule has 0 N–H and O–H groups in total. The smallest absolute Gasteiger partial charge is 0.434 e. The van der Waals surface area contributed by atoms with Crippen LogP contribution in [0.25, 0.3) is 49.7 Å². The SMILES string of the molecule is c1ccc([Si](c2ccccc2)(c2ccccc2)c2cc3c4c(c2)-c2ccccc2OB4c2ccc(-c4ccc(-n5c6ccccc6c6ccccc65)cc4)cc2O3)cc1. The second kappa shape index (κ2) is 13.4. The molecule has 3 heterocycles. The summed E-state index contributed by atoms with van der Waals surface area (Å²) in [4.78, 5) is 0. The Morgan fingerprint density at radius 3 is 1.56 bits per heavy atom. The molecule has 2 aliphatic heterocycles. The molecular formula is C54H36BNO2Si. The van der Waals surface area contributed by atoms with E-state index in [-0.39, 0.29) is 6.92 Å². The Kier molecular flexibility index (Phi) is 7.65. The van der Waals surface area contributed by atoms with Crippen molar-refractivity contribution in [2.45, 2.75) is 0 Å². The molecule has 0 unspecified atom stereocenters. The van der Waals surface area contributed by atoms with Crippen LogP contribution in [0.2, 0.25) is 0 Å². The summed E-state index contributed by atoms with van der Waals surface area (Å²) in [5.41, 5.74) is 10.1. The van der Waals surface area contributed by atoms with E-state index in [0.717, 1.165) is 50.6 Å². The summed E-state index contributed by atoms with van der Waals surface area (Å²) in [6.45, 7) is -0.305. The fraction of sp³-hybridized carbons (Fsp3) is 0. The van der Waals surface area contributed by atoms with Crippen LogP contribution in [0.5, 0.6) is 17.2 Å². The van der Waals surface area contributed by atoms with Gasteiger partial charge in [0.15, 0.2) is 8.07 Å². The first-order valence-corrected chi connectivity index (χ1v) is 22.3. The van der Waals surface area contributed by atoms with Gasteiger partial charge in [0.1, 0.15) is 17.2 Å². The van der Waals surface area contributed by atoms with Crippen molar-refractivity contribution in [3.63, 3.8) is 0 Å². The summed E-state index contributed by atoms with van der Waals surface area (Å²) in [7, 11) is -2.87. The first-order chi connectivity index (χ1) is 29.3. The van der Waals surface area contributed by atoms with Crippen LogP contribution in [0, 0.1) is 0 Å². The van der Waals surface area contributed by atoms with Crippen LogP contribution in [-0.2, 0) is 0 Å². The Hall–Kier alpha value is -7.34. The van der Waals surface area contributed by atoms with E-state index >= 15 is 0 Å². The van der Waals surface area contributed by atoms with Crippen LogP contribution in [0.1, 0.15) is 0 Å². The number of ether oxygens (including phenoxy) is 1. The molecule has 2 aliphatic rings. The lowest BCUT2D eigenvalue weighted by molar-refractivity contribution is 0.480. The van der Waals surface area contributed by atoms with Crippen LogP contribution in [-0.4, -0.2) is 19.6 Å². The zero-order valence-electron chi connectivity index (χ0n) is 32.1. The maximum Gasteiger partial charge on any atom is 0.434 e. The molecule has 0 radical (unpaired) electrons. The summed E-state index contributed by atoms with van der Waals surface area (Å²) in [5, 5.41) is 7.76. The van der Waals surface area contributed by atoms with Crippen LogP contribution in [0.3, 0.4) is 0 Å². The van der Waals surface area contributed by atoms with E-state index in [0.29, 0.717) is 0 Å². The first-order valence-electron chi connectivity index (χ1n) is 20.3. The Bertz CT molecular complexity index is 3070. The largest absolute Gasteiger partial charge is 0.551 e. The fourth-order valence-electron chi connectivity index (χ4n) is 9.82. The lowest BCUT2D eigenvalue weighted by atomic mass is 9.51. The van der Waals surface area contributed by atoms with Crippen LogP contribution in [0.15, 0.2) is 218 Å². The van der Waals surface area contributed by atoms with Crippen molar-refractivity contribution in [2.75, 3.05) is 0 Å². The molecule has 5 heteroatoms. The van der Waals surface area contributed by atoms with Gasteiger partial charge in [-0.2, -0.15) is 0 Å². The highest BCUT2D eigenvalue weighted by Gasteiger charge is 2.46. The lowest BCUT2D eigenvalue weighted by Gasteiger charge is -2.38. The van der Waals surface area contributed by atoms with E-state index in [1.165, 1.54) is 48.1 Å². The Morgan fingerprint density at radius 1 is 0.390 bits per heavy atom. The summed E-state index contributed by atoms with van der Waals surface area (Å²) in [5.74, 6) is 2.56. The van der Waals surface area contributed by atoms with E-state index in [1.54, 1.807) is 0 Å². The topological polar surface area (TPSA) is 23.4 Å². The van der Waals surface area contributed by atoms with Gasteiger partial charge >= 0.3 is 6.92 Å². The molecule has 0 saturated carbocycles. The number of fused-ring (bicyclic) bond motifs is 7. The summed E-state index contributed by atoms with van der Waals surface area (Å²) < 4.78 is 16.5. The zero-order chi connectivity index (χ0) is 38.9. The third kappa shape index (κ3) is 5.15. The number of benzene rings is 9. The van der Waals surface area contributed by atoms with Crippen molar-refractivity contribution in [1.29, 1.82) is 0 Å². The fourth-order valence-corrected chi connectivity index (χ4v) is 14.6. The van der Waals surface area contributed by atoms with E-state index in [2.05, 4.69) is 223 Å². The molecule has 59 heavy (non-hydrogen) atoms. The second-order valence-electron chi connectivity index (χ2n) is 15.5. The minimum absolute atomic E-state index is 0.305. The summed E-state index contributed by atoms with van der Waals surface area (Å²) in [6.07, 6.45) is 0. The molecule has 0 fully saturated rings. The number of nitrogens with zero attached hydrogens (tertiary/aromatic N) is 1. The molecule has 0 bridgehead atoms. The van der Waals surface area contributed by atoms with Crippen molar-refractivity contribution < 1.29 is 9.39 Å². The maximum atomic E-state index is 7.16. The Morgan fingerprint density at radius 2 is 0.932 bits per heavy atom. The van der Waals surface area contributed by atoms with Gasteiger partial charge in [0.25, 0.3) is 0 Å². The molecule has 0 saturated heterocycles. The van der Waals surface area contributed by atoms with Crippen molar-refractivity contribution in [1.82, 2.24) is 4.57 Å². The van der Waals surface area contributed by atoms with Gasteiger partial charge in [-0.05, 0) is 79.9 Å². The van der Waals surface area contributed by atoms with Gasteiger partial charge in [-0.15, -0.1) is 0 Å². The molecule has 0 amide bonds. The summed E-state index contributed by atoms with van der Waals surface area (Å²) >= 11 is 0. The van der Waals surface area contributed by atoms with Gasteiger partial charge in [0.05, 0.1) is 11.0 Å². The molecule has 9 aromatic carbocycles. The van der Waals surface area contributed by atoms with E-state index < -0.39 is 8.07 Å². The number of para-hydroxylation sites is 3. The zero-order valence-corrected chi connectivity index (χ0v) is 33.1. The molecule has 3 nitrogen and oxygen atoms in total. The minimum atomic E-state index is -2.87. The third-order valence-corrected chi connectivity index (χ3v) is 17.2. The Labute approximate surface area is 344 Å². The number of hydrogen-bond acceptors (Lipinski definition) is 2. The van der Waals surface area contributed by atoms with Crippen molar-refractivity contribution in [3.8, 4) is 45.2 Å². The number of rotatable bonds is 6. The highest BCUT2D eigenvalue weighted by Crippen LogP contribution is 2.40. The molecule has 10 aromatic rings. The predicted octanol–water partition coefficient (Wildman–Crippen LogP) is 9.10. The monoisotopic (exact) mass is 769 g/mol. The molecule has 276 valence electrons. The van der Waals surface area contributed by atoms with Crippen molar-refractivity contribution in [2.24, 2.45) is 0 Å². The van der Waals surface area contributed by atoms with E-state index in [1.807, 2.05) is 0 Å². The van der Waals surface area contributed by atoms with Gasteiger partial charge in [-0.1, -0.05) is 176 Å². The molecule has 0 atom stereocenters.